The average molecular weight is 272 g/mol. The molecule has 1 amide bonds. The third-order valence-electron chi connectivity index (χ3n) is 4.69. The standard InChI is InChI=1S/C17H24N2O/c1-13-4-6-15(7-5-13)14(2)16(20)18-17(8-9-17)12-19-10-3-11-19/h4-7,14H,3,8-12H2,1-2H3,(H,18,20)/t14-/m1/s1. The van der Waals surface area contributed by atoms with Gasteiger partial charge >= 0.3 is 0 Å². The number of amides is 1. The van der Waals surface area contributed by atoms with Crippen molar-refractivity contribution in [2.24, 2.45) is 0 Å². The number of hydrogen-bond acceptors (Lipinski definition) is 2. The Hall–Kier alpha value is -1.35. The van der Waals surface area contributed by atoms with Crippen LogP contribution in [0.1, 0.15) is 43.2 Å². The van der Waals surface area contributed by atoms with E-state index in [0.29, 0.717) is 0 Å². The normalized spacial score (nSPS) is 21.9. The number of aryl methyl sites for hydroxylation is 1. The zero-order valence-electron chi connectivity index (χ0n) is 12.5. The van der Waals surface area contributed by atoms with Crippen LogP contribution < -0.4 is 5.32 Å². The fourth-order valence-corrected chi connectivity index (χ4v) is 2.82. The van der Waals surface area contributed by atoms with Crippen LogP contribution in [-0.4, -0.2) is 36.0 Å². The molecule has 20 heavy (non-hydrogen) atoms. The molecule has 1 saturated carbocycles. The van der Waals surface area contributed by atoms with Gasteiger partial charge in [-0.2, -0.15) is 0 Å². The highest BCUT2D eigenvalue weighted by Crippen LogP contribution is 2.37. The first-order chi connectivity index (χ1) is 9.58. The number of rotatable bonds is 5. The number of benzene rings is 1. The minimum absolute atomic E-state index is 0.0653. The predicted molar refractivity (Wildman–Crippen MR) is 80.8 cm³/mol. The molecule has 3 nitrogen and oxygen atoms in total. The summed E-state index contributed by atoms with van der Waals surface area (Å²) in [6.45, 7) is 7.51. The molecule has 0 bridgehead atoms. The van der Waals surface area contributed by atoms with Gasteiger partial charge in [0.05, 0.1) is 11.5 Å². The van der Waals surface area contributed by atoms with Crippen molar-refractivity contribution in [1.82, 2.24) is 10.2 Å². The topological polar surface area (TPSA) is 32.3 Å². The molecule has 1 saturated heterocycles. The van der Waals surface area contributed by atoms with E-state index in [1.807, 2.05) is 6.92 Å². The Labute approximate surface area is 121 Å². The second-order valence-corrected chi connectivity index (χ2v) is 6.53. The lowest BCUT2D eigenvalue weighted by Crippen LogP contribution is -2.50. The lowest BCUT2D eigenvalue weighted by atomic mass is 9.98. The lowest BCUT2D eigenvalue weighted by molar-refractivity contribution is -0.123. The molecule has 0 aromatic heterocycles. The van der Waals surface area contributed by atoms with Gasteiger partial charge in [-0.15, -0.1) is 0 Å². The van der Waals surface area contributed by atoms with E-state index in [9.17, 15) is 4.79 Å². The van der Waals surface area contributed by atoms with Crippen LogP contribution in [0.5, 0.6) is 0 Å². The van der Waals surface area contributed by atoms with Crippen molar-refractivity contribution in [1.29, 1.82) is 0 Å². The van der Waals surface area contributed by atoms with Crippen LogP contribution in [0.15, 0.2) is 24.3 Å². The van der Waals surface area contributed by atoms with Gasteiger partial charge in [-0.25, -0.2) is 0 Å². The molecule has 1 N–H and O–H groups in total. The van der Waals surface area contributed by atoms with Gasteiger partial charge in [-0.3, -0.25) is 4.79 Å². The molecule has 2 fully saturated rings. The smallest absolute Gasteiger partial charge is 0.227 e. The molecule has 108 valence electrons. The van der Waals surface area contributed by atoms with Crippen LogP contribution in [0.4, 0.5) is 0 Å². The van der Waals surface area contributed by atoms with E-state index >= 15 is 0 Å². The summed E-state index contributed by atoms with van der Waals surface area (Å²) >= 11 is 0. The Morgan fingerprint density at radius 1 is 1.30 bits per heavy atom. The zero-order valence-corrected chi connectivity index (χ0v) is 12.5. The third kappa shape index (κ3) is 2.88. The molecule has 1 aliphatic carbocycles. The maximum atomic E-state index is 12.4. The molecule has 1 aliphatic heterocycles. The van der Waals surface area contributed by atoms with Crippen molar-refractivity contribution < 1.29 is 4.79 Å². The lowest BCUT2D eigenvalue weighted by Gasteiger charge is -2.35. The van der Waals surface area contributed by atoms with Gasteiger partial charge in [-0.05, 0) is 51.8 Å². The maximum absolute atomic E-state index is 12.4. The fraction of sp³-hybridized carbons (Fsp3) is 0.588. The fourth-order valence-electron chi connectivity index (χ4n) is 2.82. The number of hydrogen-bond donors (Lipinski definition) is 1. The van der Waals surface area contributed by atoms with Crippen LogP contribution in [-0.2, 0) is 4.79 Å². The highest BCUT2D eigenvalue weighted by atomic mass is 16.2. The first kappa shape index (κ1) is 13.6. The van der Waals surface area contributed by atoms with Crippen LogP contribution in [0, 0.1) is 6.92 Å². The molecular formula is C17H24N2O. The molecule has 1 atom stereocenters. The minimum Gasteiger partial charge on any atom is -0.349 e. The van der Waals surface area contributed by atoms with Crippen molar-refractivity contribution in [3.05, 3.63) is 35.4 Å². The predicted octanol–water partition coefficient (Wildman–Crippen LogP) is 2.45. The van der Waals surface area contributed by atoms with Crippen molar-refractivity contribution >= 4 is 5.91 Å². The summed E-state index contributed by atoms with van der Waals surface area (Å²) in [4.78, 5) is 14.9. The highest BCUT2D eigenvalue weighted by Gasteiger charge is 2.46. The van der Waals surface area contributed by atoms with Crippen LogP contribution >= 0.6 is 0 Å². The molecule has 1 aromatic rings. The summed E-state index contributed by atoms with van der Waals surface area (Å²) in [5, 5.41) is 3.30. The van der Waals surface area contributed by atoms with E-state index < -0.39 is 0 Å². The summed E-state index contributed by atoms with van der Waals surface area (Å²) in [5.74, 6) is 0.108. The van der Waals surface area contributed by atoms with Gasteiger partial charge in [0.15, 0.2) is 0 Å². The molecule has 1 aromatic carbocycles. The SMILES string of the molecule is Cc1ccc([C@@H](C)C(=O)NC2(CN3CCC3)CC2)cc1. The Morgan fingerprint density at radius 2 is 1.95 bits per heavy atom. The summed E-state index contributed by atoms with van der Waals surface area (Å²) in [6, 6.07) is 8.28. The van der Waals surface area contributed by atoms with E-state index in [1.54, 1.807) is 0 Å². The minimum atomic E-state index is -0.0653. The second kappa shape index (κ2) is 5.21. The Kier molecular flexibility index (Phi) is 3.55. The van der Waals surface area contributed by atoms with Gasteiger partial charge < -0.3 is 10.2 Å². The van der Waals surface area contributed by atoms with E-state index in [4.69, 9.17) is 0 Å². The molecular weight excluding hydrogens is 248 g/mol. The van der Waals surface area contributed by atoms with Crippen molar-refractivity contribution in [3.63, 3.8) is 0 Å². The Balaban J connectivity index is 1.59. The van der Waals surface area contributed by atoms with Gasteiger partial charge in [0.2, 0.25) is 5.91 Å². The first-order valence-corrected chi connectivity index (χ1v) is 7.69. The molecule has 2 aliphatic rings. The van der Waals surface area contributed by atoms with Gasteiger partial charge in [-0.1, -0.05) is 29.8 Å². The van der Waals surface area contributed by atoms with E-state index in [0.717, 1.165) is 24.9 Å². The number of carbonyl (C=O) groups excluding carboxylic acids is 1. The zero-order chi connectivity index (χ0) is 14.2. The van der Waals surface area contributed by atoms with Crippen LogP contribution in [0.25, 0.3) is 0 Å². The van der Waals surface area contributed by atoms with Gasteiger partial charge in [0.25, 0.3) is 0 Å². The number of nitrogens with zero attached hydrogens (tertiary/aromatic N) is 1. The molecule has 3 rings (SSSR count). The molecule has 3 heteroatoms. The quantitative estimate of drug-likeness (QED) is 0.893. The van der Waals surface area contributed by atoms with Gasteiger partial charge in [0, 0.05) is 6.54 Å². The summed E-state index contributed by atoms with van der Waals surface area (Å²) in [6.07, 6.45) is 3.58. The summed E-state index contributed by atoms with van der Waals surface area (Å²) in [5.41, 5.74) is 2.42. The first-order valence-electron chi connectivity index (χ1n) is 7.69. The van der Waals surface area contributed by atoms with Gasteiger partial charge in [0.1, 0.15) is 0 Å². The summed E-state index contributed by atoms with van der Waals surface area (Å²) < 4.78 is 0. The van der Waals surface area contributed by atoms with E-state index in [2.05, 4.69) is 41.4 Å². The second-order valence-electron chi connectivity index (χ2n) is 6.53. The maximum Gasteiger partial charge on any atom is 0.227 e. The van der Waals surface area contributed by atoms with Crippen LogP contribution in [0.2, 0.25) is 0 Å². The highest BCUT2D eigenvalue weighted by molar-refractivity contribution is 5.84. The Morgan fingerprint density at radius 3 is 2.45 bits per heavy atom. The van der Waals surface area contributed by atoms with E-state index in [1.165, 1.54) is 25.1 Å². The van der Waals surface area contributed by atoms with E-state index in [-0.39, 0.29) is 17.4 Å². The number of nitrogens with one attached hydrogen (secondary N) is 1. The van der Waals surface area contributed by atoms with Crippen molar-refractivity contribution in [2.75, 3.05) is 19.6 Å². The monoisotopic (exact) mass is 272 g/mol. The van der Waals surface area contributed by atoms with Crippen molar-refractivity contribution in [2.45, 2.75) is 44.6 Å². The molecule has 0 radical (unpaired) electrons. The summed E-state index contributed by atoms with van der Waals surface area (Å²) in [7, 11) is 0. The largest absolute Gasteiger partial charge is 0.349 e. The van der Waals surface area contributed by atoms with Crippen LogP contribution in [0.3, 0.4) is 0 Å². The molecule has 1 heterocycles. The number of carbonyl (C=O) groups is 1. The third-order valence-corrected chi connectivity index (χ3v) is 4.69. The van der Waals surface area contributed by atoms with Crippen molar-refractivity contribution in [3.8, 4) is 0 Å². The Bertz CT molecular complexity index is 486. The molecule has 0 unspecified atom stereocenters. The average Bonchev–Trinajstić information content (AvgIpc) is 3.14. The number of likely N-dealkylation sites (tertiary alicyclic amines) is 1. The molecule has 0 spiro atoms.